The van der Waals surface area contributed by atoms with E-state index in [-0.39, 0.29) is 0 Å². The normalized spacial score (nSPS) is 15.7. The minimum absolute atomic E-state index is 0.520. The van der Waals surface area contributed by atoms with Gasteiger partial charge in [-0.15, -0.1) is 5.10 Å². The summed E-state index contributed by atoms with van der Waals surface area (Å²) >= 11 is 0. The Balaban J connectivity index is 2.79. The average Bonchev–Trinajstić information content (AvgIpc) is 1.90. The molecule has 2 nitrogen and oxygen atoms in total. The molecule has 0 spiro atoms. The highest BCUT2D eigenvalue weighted by Gasteiger charge is 1.98. The van der Waals surface area contributed by atoms with Crippen LogP contribution < -0.4 is 5.43 Å². The highest BCUT2D eigenvalue weighted by atomic mass is 15.3. The quantitative estimate of drug-likeness (QED) is 0.556. The van der Waals surface area contributed by atoms with E-state index in [1.165, 1.54) is 0 Å². The second-order valence-corrected chi connectivity index (χ2v) is 2.30. The Morgan fingerprint density at radius 1 is 1.67 bits per heavy atom. The topological polar surface area (TPSA) is 24.4 Å². The van der Waals surface area contributed by atoms with Crippen molar-refractivity contribution in [3.05, 3.63) is 17.8 Å². The predicted octanol–water partition coefficient (Wildman–Crippen LogP) is 1.27. The third-order valence-electron chi connectivity index (χ3n) is 1.21. The van der Waals surface area contributed by atoms with Crippen LogP contribution in [0.4, 0.5) is 0 Å². The molecule has 1 aliphatic heterocycles. The van der Waals surface area contributed by atoms with E-state index in [2.05, 4.69) is 30.2 Å². The average molecular weight is 122 g/mol. The van der Waals surface area contributed by atoms with Crippen LogP contribution >= 0.6 is 0 Å². The molecule has 0 aromatic rings. The van der Waals surface area contributed by atoms with Gasteiger partial charge in [0.25, 0.3) is 0 Å². The fourth-order valence-electron chi connectivity index (χ4n) is 0.620. The molecule has 1 rings (SSSR count). The maximum absolute atomic E-state index is 3.76. The van der Waals surface area contributed by atoms with E-state index >= 15 is 0 Å². The molecule has 0 unspecified atom stereocenters. The van der Waals surface area contributed by atoms with E-state index in [1.807, 2.05) is 12.3 Å². The maximum atomic E-state index is 3.76. The molecule has 0 bridgehead atoms. The standard InChI is InChI=1S/C7H10N2/c1-6(2)7-3-4-8-9-5-7/h3-4,6,8H,1-2H3. The van der Waals surface area contributed by atoms with Gasteiger partial charge in [-0.2, -0.15) is 0 Å². The Hall–Kier alpha value is -1.01. The van der Waals surface area contributed by atoms with Crippen molar-refractivity contribution >= 4 is 5.87 Å². The first-order valence-electron chi connectivity index (χ1n) is 3.05. The number of hydrogen-bond acceptors (Lipinski definition) is 2. The van der Waals surface area contributed by atoms with Crippen LogP contribution in [-0.2, 0) is 0 Å². The summed E-state index contributed by atoms with van der Waals surface area (Å²) in [5, 5.41) is 3.76. The van der Waals surface area contributed by atoms with Gasteiger partial charge >= 0.3 is 0 Å². The molecule has 1 aliphatic rings. The van der Waals surface area contributed by atoms with Gasteiger partial charge in [0.15, 0.2) is 0 Å². The van der Waals surface area contributed by atoms with E-state index in [9.17, 15) is 0 Å². The number of hydrazone groups is 1. The SMILES string of the molecule is CC(C)C1=C=NNC=C1. The van der Waals surface area contributed by atoms with Gasteiger partial charge in [-0.3, -0.25) is 5.43 Å². The van der Waals surface area contributed by atoms with Crippen LogP contribution in [-0.4, -0.2) is 5.87 Å². The van der Waals surface area contributed by atoms with E-state index in [0.29, 0.717) is 5.92 Å². The minimum atomic E-state index is 0.520. The first-order chi connectivity index (χ1) is 4.30. The summed E-state index contributed by atoms with van der Waals surface area (Å²) in [6.45, 7) is 4.24. The number of nitrogens with one attached hydrogen (secondary N) is 1. The summed E-state index contributed by atoms with van der Waals surface area (Å²) in [6, 6.07) is 0. The van der Waals surface area contributed by atoms with E-state index < -0.39 is 0 Å². The summed E-state index contributed by atoms with van der Waals surface area (Å²) in [5.74, 6) is 3.38. The molecule has 0 atom stereocenters. The van der Waals surface area contributed by atoms with Crippen LogP contribution in [0.3, 0.4) is 0 Å². The van der Waals surface area contributed by atoms with E-state index in [0.717, 1.165) is 5.57 Å². The van der Waals surface area contributed by atoms with Crippen molar-refractivity contribution in [2.45, 2.75) is 13.8 Å². The smallest absolute Gasteiger partial charge is 0.0216 e. The first-order valence-corrected chi connectivity index (χ1v) is 3.05. The molecule has 0 amide bonds. The predicted molar refractivity (Wildman–Crippen MR) is 38.1 cm³/mol. The molecule has 1 N–H and O–H groups in total. The molecular formula is C7H10N2. The molecule has 0 saturated carbocycles. The lowest BCUT2D eigenvalue weighted by Gasteiger charge is -2.03. The molecule has 0 saturated heterocycles. The van der Waals surface area contributed by atoms with Crippen LogP contribution in [0.15, 0.2) is 23.0 Å². The van der Waals surface area contributed by atoms with Crippen molar-refractivity contribution in [3.63, 3.8) is 0 Å². The van der Waals surface area contributed by atoms with Gasteiger partial charge < -0.3 is 0 Å². The van der Waals surface area contributed by atoms with Crippen LogP contribution in [0.1, 0.15) is 13.8 Å². The maximum Gasteiger partial charge on any atom is 0.0216 e. The molecular weight excluding hydrogens is 112 g/mol. The Bertz CT molecular complexity index is 183. The summed E-state index contributed by atoms with van der Waals surface area (Å²) in [4.78, 5) is 0. The van der Waals surface area contributed by atoms with Crippen molar-refractivity contribution in [3.8, 4) is 0 Å². The zero-order valence-corrected chi connectivity index (χ0v) is 5.68. The lowest BCUT2D eigenvalue weighted by Crippen LogP contribution is -2.01. The van der Waals surface area contributed by atoms with Crippen molar-refractivity contribution < 1.29 is 0 Å². The molecule has 0 radical (unpaired) electrons. The molecule has 48 valence electrons. The van der Waals surface area contributed by atoms with Gasteiger partial charge in [0.2, 0.25) is 0 Å². The van der Waals surface area contributed by atoms with Crippen LogP contribution in [0.25, 0.3) is 0 Å². The van der Waals surface area contributed by atoms with Crippen LogP contribution in [0, 0.1) is 5.92 Å². The lowest BCUT2D eigenvalue weighted by atomic mass is 10.1. The zero-order valence-electron chi connectivity index (χ0n) is 5.68. The Morgan fingerprint density at radius 2 is 2.44 bits per heavy atom. The molecule has 0 aromatic carbocycles. The summed E-state index contributed by atoms with van der Waals surface area (Å²) in [7, 11) is 0. The van der Waals surface area contributed by atoms with Crippen LogP contribution in [0.2, 0.25) is 0 Å². The monoisotopic (exact) mass is 122 g/mol. The highest BCUT2D eigenvalue weighted by Crippen LogP contribution is 2.07. The van der Waals surface area contributed by atoms with Gasteiger partial charge in [-0.25, -0.2) is 0 Å². The molecule has 9 heavy (non-hydrogen) atoms. The van der Waals surface area contributed by atoms with E-state index in [4.69, 9.17) is 0 Å². The van der Waals surface area contributed by atoms with Crippen molar-refractivity contribution in [1.82, 2.24) is 5.43 Å². The second-order valence-electron chi connectivity index (χ2n) is 2.30. The fraction of sp³-hybridized carbons (Fsp3) is 0.429. The number of allylic oxidation sites excluding steroid dienone is 2. The fourth-order valence-corrected chi connectivity index (χ4v) is 0.620. The summed E-state index contributed by atoms with van der Waals surface area (Å²) in [6.07, 6.45) is 3.80. The zero-order chi connectivity index (χ0) is 6.69. The second kappa shape index (κ2) is 2.51. The molecule has 2 heteroatoms. The van der Waals surface area contributed by atoms with Gasteiger partial charge in [-0.05, 0) is 12.0 Å². The first kappa shape index (κ1) is 6.12. The Labute approximate surface area is 55.0 Å². The Kier molecular flexibility index (Phi) is 1.71. The van der Waals surface area contributed by atoms with Crippen molar-refractivity contribution in [2.24, 2.45) is 11.0 Å². The van der Waals surface area contributed by atoms with Gasteiger partial charge in [0.05, 0.1) is 0 Å². The highest BCUT2D eigenvalue weighted by molar-refractivity contribution is 5.63. The molecule has 0 fully saturated rings. The molecule has 0 aliphatic carbocycles. The van der Waals surface area contributed by atoms with Gasteiger partial charge in [-0.1, -0.05) is 13.8 Å². The van der Waals surface area contributed by atoms with E-state index in [1.54, 1.807) is 0 Å². The van der Waals surface area contributed by atoms with Crippen molar-refractivity contribution in [2.75, 3.05) is 0 Å². The lowest BCUT2D eigenvalue weighted by molar-refractivity contribution is 0.791. The van der Waals surface area contributed by atoms with Crippen LogP contribution in [0.5, 0.6) is 0 Å². The number of hydrogen-bond donors (Lipinski definition) is 1. The Morgan fingerprint density at radius 3 is 2.78 bits per heavy atom. The third-order valence-corrected chi connectivity index (χ3v) is 1.21. The largest absolute Gasteiger partial charge is 0.278 e. The molecule has 0 aromatic heterocycles. The third kappa shape index (κ3) is 1.44. The number of nitrogens with zero attached hydrogens (tertiary/aromatic N) is 1. The van der Waals surface area contributed by atoms with Gasteiger partial charge in [0.1, 0.15) is 0 Å². The summed E-state index contributed by atoms with van der Waals surface area (Å²) in [5.41, 5.74) is 3.83. The molecule has 1 heterocycles. The minimum Gasteiger partial charge on any atom is -0.278 e. The number of rotatable bonds is 1. The van der Waals surface area contributed by atoms with Gasteiger partial charge in [0, 0.05) is 17.6 Å². The van der Waals surface area contributed by atoms with Crippen molar-refractivity contribution in [1.29, 1.82) is 0 Å². The summed E-state index contributed by atoms with van der Waals surface area (Å²) < 4.78 is 0.